The fraction of sp³-hybridized carbons (Fsp3) is 0.515. The monoisotopic (exact) mass is 568 g/mol. The van der Waals surface area contributed by atoms with Gasteiger partial charge in [-0.2, -0.15) is 0 Å². The zero-order chi connectivity index (χ0) is 29.4. The minimum absolute atomic E-state index is 0.180. The first-order valence-electron chi connectivity index (χ1n) is 13.9. The molecule has 0 radical (unpaired) electrons. The average molecular weight is 569 g/mol. The van der Waals surface area contributed by atoms with Crippen molar-refractivity contribution < 1.29 is 37.9 Å². The minimum atomic E-state index is -0.180. The normalized spacial score (nSPS) is 11.1. The second-order valence-electron chi connectivity index (χ2n) is 9.33. The average Bonchev–Trinajstić information content (AvgIpc) is 2.99. The Labute approximate surface area is 245 Å². The summed E-state index contributed by atoms with van der Waals surface area (Å²) in [5.41, 5.74) is 2.20. The van der Waals surface area contributed by atoms with E-state index < -0.39 is 0 Å². The van der Waals surface area contributed by atoms with Gasteiger partial charge in [-0.25, -0.2) is 0 Å². The van der Waals surface area contributed by atoms with Crippen LogP contribution >= 0.6 is 0 Å². The van der Waals surface area contributed by atoms with Gasteiger partial charge in [0.2, 0.25) is 0 Å². The summed E-state index contributed by atoms with van der Waals surface area (Å²) in [5.74, 6) is 6.44. The Morgan fingerprint density at radius 3 is 1.07 bits per heavy atom. The lowest BCUT2D eigenvalue weighted by atomic mass is 9.78. The van der Waals surface area contributed by atoms with Crippen LogP contribution in [0.15, 0.2) is 48.5 Å². The highest BCUT2D eigenvalue weighted by molar-refractivity contribution is 5.41. The van der Waals surface area contributed by atoms with Gasteiger partial charge in [-0.05, 0) is 35.4 Å². The van der Waals surface area contributed by atoms with Crippen molar-refractivity contribution in [1.29, 1.82) is 0 Å². The molecule has 0 atom stereocenters. The van der Waals surface area contributed by atoms with Crippen LogP contribution < -0.4 is 9.47 Å². The molecule has 0 saturated heterocycles. The first-order chi connectivity index (χ1) is 20.1. The summed E-state index contributed by atoms with van der Waals surface area (Å²) in [6.45, 7) is 10.9. The van der Waals surface area contributed by atoms with Gasteiger partial charge in [-0.15, -0.1) is 12.8 Å². The third-order valence-electron chi connectivity index (χ3n) is 6.00. The van der Waals surface area contributed by atoms with Crippen molar-refractivity contribution in [3.05, 3.63) is 59.7 Å². The van der Waals surface area contributed by atoms with Gasteiger partial charge in [0.15, 0.2) is 0 Å². The van der Waals surface area contributed by atoms with Crippen LogP contribution in [0.2, 0.25) is 0 Å². The fourth-order valence-corrected chi connectivity index (χ4v) is 3.68. The molecule has 0 unspecified atom stereocenters. The maximum atomic E-state index is 5.81. The van der Waals surface area contributed by atoms with E-state index in [0.717, 1.165) is 11.5 Å². The molecule has 224 valence electrons. The second-order valence-corrected chi connectivity index (χ2v) is 9.33. The quantitative estimate of drug-likeness (QED) is 0.138. The first kappa shape index (κ1) is 34.1. The number of hydrogen-bond donors (Lipinski definition) is 0. The molecule has 2 aromatic rings. The van der Waals surface area contributed by atoms with Crippen molar-refractivity contribution in [2.75, 3.05) is 92.5 Å². The Kier molecular flexibility index (Phi) is 18.0. The molecular weight excluding hydrogens is 524 g/mol. The summed E-state index contributed by atoms with van der Waals surface area (Å²) >= 11 is 0. The predicted molar refractivity (Wildman–Crippen MR) is 159 cm³/mol. The van der Waals surface area contributed by atoms with E-state index in [4.69, 9.17) is 50.7 Å². The summed E-state index contributed by atoms with van der Waals surface area (Å²) in [6.07, 6.45) is 10.2. The molecule has 0 aliphatic carbocycles. The molecule has 2 rings (SSSR count). The van der Waals surface area contributed by atoms with Crippen LogP contribution in [-0.2, 0) is 33.8 Å². The van der Waals surface area contributed by atoms with Gasteiger partial charge < -0.3 is 37.9 Å². The van der Waals surface area contributed by atoms with Crippen molar-refractivity contribution in [2.45, 2.75) is 19.3 Å². The van der Waals surface area contributed by atoms with E-state index in [1.165, 1.54) is 11.1 Å². The molecule has 0 aliphatic rings. The van der Waals surface area contributed by atoms with Gasteiger partial charge in [-0.1, -0.05) is 50.0 Å². The minimum Gasteiger partial charge on any atom is -0.491 e. The molecule has 0 spiro atoms. The van der Waals surface area contributed by atoms with E-state index in [1.54, 1.807) is 0 Å². The van der Waals surface area contributed by atoms with Gasteiger partial charge in [-0.3, -0.25) is 0 Å². The molecule has 0 N–H and O–H groups in total. The van der Waals surface area contributed by atoms with Crippen molar-refractivity contribution in [1.82, 2.24) is 0 Å². The maximum absolute atomic E-state index is 5.81. The van der Waals surface area contributed by atoms with Crippen LogP contribution in [0.5, 0.6) is 11.5 Å². The summed E-state index contributed by atoms with van der Waals surface area (Å²) in [6, 6.07) is 16.4. The van der Waals surface area contributed by atoms with Crippen LogP contribution in [0, 0.1) is 24.7 Å². The fourth-order valence-electron chi connectivity index (χ4n) is 3.68. The SMILES string of the molecule is C#CCOCCOCCOCCOc1ccc(C(C)(C)c2ccc(OCCOCCOCCOCC#C)cc2)cc1. The van der Waals surface area contributed by atoms with Crippen molar-refractivity contribution >= 4 is 0 Å². The third kappa shape index (κ3) is 14.9. The highest BCUT2D eigenvalue weighted by atomic mass is 16.6. The molecule has 0 bridgehead atoms. The van der Waals surface area contributed by atoms with Gasteiger partial charge in [0.25, 0.3) is 0 Å². The summed E-state index contributed by atoms with van der Waals surface area (Å²) in [7, 11) is 0. The Morgan fingerprint density at radius 2 is 0.756 bits per heavy atom. The van der Waals surface area contributed by atoms with Crippen LogP contribution in [-0.4, -0.2) is 92.5 Å². The van der Waals surface area contributed by atoms with Crippen LogP contribution in [0.3, 0.4) is 0 Å². The van der Waals surface area contributed by atoms with E-state index in [1.807, 2.05) is 24.3 Å². The van der Waals surface area contributed by atoms with E-state index in [0.29, 0.717) is 92.5 Å². The van der Waals surface area contributed by atoms with E-state index in [-0.39, 0.29) is 5.41 Å². The highest BCUT2D eigenvalue weighted by Crippen LogP contribution is 2.33. The van der Waals surface area contributed by atoms with E-state index in [2.05, 4.69) is 50.0 Å². The first-order valence-corrected chi connectivity index (χ1v) is 13.9. The smallest absolute Gasteiger partial charge is 0.119 e. The second kappa shape index (κ2) is 21.6. The maximum Gasteiger partial charge on any atom is 0.119 e. The van der Waals surface area contributed by atoms with E-state index >= 15 is 0 Å². The lowest BCUT2D eigenvalue weighted by Gasteiger charge is -2.26. The number of ether oxygens (including phenoxy) is 8. The number of benzene rings is 2. The highest BCUT2D eigenvalue weighted by Gasteiger charge is 2.23. The molecule has 0 aliphatic heterocycles. The Bertz CT molecular complexity index is 924. The third-order valence-corrected chi connectivity index (χ3v) is 6.00. The topological polar surface area (TPSA) is 73.8 Å². The molecule has 0 heterocycles. The van der Waals surface area contributed by atoms with Crippen molar-refractivity contribution in [3.63, 3.8) is 0 Å². The van der Waals surface area contributed by atoms with Gasteiger partial charge in [0.1, 0.15) is 37.9 Å². The molecule has 0 amide bonds. The number of rotatable bonds is 24. The van der Waals surface area contributed by atoms with Gasteiger partial charge in [0.05, 0.1) is 66.1 Å². The molecule has 41 heavy (non-hydrogen) atoms. The molecule has 0 aromatic heterocycles. The lowest BCUT2D eigenvalue weighted by molar-refractivity contribution is 0.0142. The zero-order valence-corrected chi connectivity index (χ0v) is 24.4. The largest absolute Gasteiger partial charge is 0.491 e. The van der Waals surface area contributed by atoms with E-state index in [9.17, 15) is 0 Å². The van der Waals surface area contributed by atoms with Gasteiger partial charge in [0, 0.05) is 5.41 Å². The van der Waals surface area contributed by atoms with Gasteiger partial charge >= 0.3 is 0 Å². The standard InChI is InChI=1S/C33H44O8/c1-5-15-34-17-19-36-21-23-38-25-27-40-31-11-7-29(8-12-31)33(3,4)30-9-13-32(14-10-30)41-28-26-39-24-22-37-20-18-35-16-6-2/h1-2,7-14H,15-28H2,3-4H3. The van der Waals surface area contributed by atoms with Crippen LogP contribution in [0.25, 0.3) is 0 Å². The summed E-state index contributed by atoms with van der Waals surface area (Å²) in [4.78, 5) is 0. The molecule has 0 saturated carbocycles. The molecule has 2 aromatic carbocycles. The van der Waals surface area contributed by atoms with Crippen molar-refractivity contribution in [2.24, 2.45) is 0 Å². The lowest BCUT2D eigenvalue weighted by Crippen LogP contribution is -2.19. The number of hydrogen-bond acceptors (Lipinski definition) is 8. The number of terminal acetylenes is 2. The molecule has 8 heteroatoms. The molecular formula is C33H44O8. The Morgan fingerprint density at radius 1 is 0.463 bits per heavy atom. The Balaban J connectivity index is 1.60. The molecule has 8 nitrogen and oxygen atoms in total. The Hall–Kier alpha value is -3.08. The molecule has 0 fully saturated rings. The predicted octanol–water partition coefficient (Wildman–Crippen LogP) is 4.14. The zero-order valence-electron chi connectivity index (χ0n) is 24.4. The summed E-state index contributed by atoms with van der Waals surface area (Å²) in [5, 5.41) is 0. The van der Waals surface area contributed by atoms with Crippen LogP contribution in [0.1, 0.15) is 25.0 Å². The van der Waals surface area contributed by atoms with Crippen LogP contribution in [0.4, 0.5) is 0 Å². The van der Waals surface area contributed by atoms with Crippen molar-refractivity contribution in [3.8, 4) is 36.2 Å². The summed E-state index contributed by atoms with van der Waals surface area (Å²) < 4.78 is 43.8.